The topological polar surface area (TPSA) is 114 Å². The highest BCUT2D eigenvalue weighted by Crippen LogP contribution is 2.41. The average Bonchev–Trinajstić information content (AvgIpc) is 3.33. The number of hydrogen-bond acceptors (Lipinski definition) is 6. The Kier molecular flexibility index (Phi) is 7.58. The van der Waals surface area contributed by atoms with Crippen molar-refractivity contribution in [3.05, 3.63) is 46.5 Å². The number of aryl methyl sites for hydroxylation is 1. The molecule has 0 spiro atoms. The van der Waals surface area contributed by atoms with Gasteiger partial charge in [0.2, 0.25) is 0 Å². The fourth-order valence-electron chi connectivity index (χ4n) is 4.91. The molecular weight excluding hydrogens is 448 g/mol. The van der Waals surface area contributed by atoms with E-state index in [-0.39, 0.29) is 29.9 Å². The zero-order valence-corrected chi connectivity index (χ0v) is 20.2. The lowest BCUT2D eigenvalue weighted by atomic mass is 9.95. The Morgan fingerprint density at radius 1 is 1.03 bits per heavy atom. The van der Waals surface area contributed by atoms with Crippen molar-refractivity contribution < 1.29 is 29.0 Å². The minimum Gasteiger partial charge on any atom is -0.507 e. The van der Waals surface area contributed by atoms with Crippen LogP contribution in [0.2, 0.25) is 0 Å². The molecule has 0 saturated heterocycles. The van der Waals surface area contributed by atoms with Gasteiger partial charge in [-0.05, 0) is 81.3 Å². The Hall–Kier alpha value is -3.55. The summed E-state index contributed by atoms with van der Waals surface area (Å²) in [5, 5.41) is 16.0. The van der Waals surface area contributed by atoms with Gasteiger partial charge in [-0.25, -0.2) is 4.79 Å². The summed E-state index contributed by atoms with van der Waals surface area (Å²) in [7, 11) is 0. The van der Waals surface area contributed by atoms with Crippen LogP contribution in [0.5, 0.6) is 17.2 Å². The van der Waals surface area contributed by atoms with Gasteiger partial charge in [0, 0.05) is 17.3 Å². The van der Waals surface area contributed by atoms with Gasteiger partial charge in [0.1, 0.15) is 17.2 Å². The molecule has 1 fully saturated rings. The molecule has 3 N–H and O–H groups in total. The number of aromatic hydroxyl groups is 1. The van der Waals surface area contributed by atoms with Crippen LogP contribution in [0.25, 0.3) is 0 Å². The van der Waals surface area contributed by atoms with Crippen LogP contribution >= 0.6 is 0 Å². The van der Waals surface area contributed by atoms with E-state index in [2.05, 4.69) is 10.6 Å². The van der Waals surface area contributed by atoms with Crippen molar-refractivity contribution in [2.45, 2.75) is 71.3 Å². The van der Waals surface area contributed by atoms with Gasteiger partial charge in [-0.3, -0.25) is 9.59 Å². The van der Waals surface area contributed by atoms with Gasteiger partial charge in [-0.2, -0.15) is 0 Å². The van der Waals surface area contributed by atoms with E-state index in [0.717, 1.165) is 61.6 Å². The highest BCUT2D eigenvalue weighted by Gasteiger charge is 2.26. The molecule has 2 aromatic carbocycles. The van der Waals surface area contributed by atoms with E-state index >= 15 is 0 Å². The summed E-state index contributed by atoms with van der Waals surface area (Å²) in [6.07, 6.45) is 7.69. The lowest BCUT2D eigenvalue weighted by Gasteiger charge is -2.23. The van der Waals surface area contributed by atoms with Crippen molar-refractivity contribution in [1.82, 2.24) is 5.32 Å². The van der Waals surface area contributed by atoms with Crippen molar-refractivity contribution >= 4 is 23.5 Å². The molecule has 8 heteroatoms. The Labute approximate surface area is 205 Å². The number of ether oxygens (including phenoxy) is 2. The summed E-state index contributed by atoms with van der Waals surface area (Å²) in [5.74, 6) is -1.02. The Balaban J connectivity index is 1.56. The van der Waals surface area contributed by atoms with Crippen molar-refractivity contribution in [3.8, 4) is 17.2 Å². The first kappa shape index (κ1) is 24.6. The highest BCUT2D eigenvalue weighted by atomic mass is 16.5. The third-order valence-electron chi connectivity index (χ3n) is 6.62. The summed E-state index contributed by atoms with van der Waals surface area (Å²) in [6.45, 7) is 3.64. The number of nitrogens with one attached hydrogen (secondary N) is 2. The van der Waals surface area contributed by atoms with Crippen LogP contribution in [-0.2, 0) is 27.2 Å². The Bertz CT molecular complexity index is 1140. The van der Waals surface area contributed by atoms with E-state index in [1.165, 1.54) is 12.5 Å². The van der Waals surface area contributed by atoms with Gasteiger partial charge >= 0.3 is 11.9 Å². The number of rotatable bonds is 6. The molecule has 8 nitrogen and oxygen atoms in total. The molecule has 0 unspecified atom stereocenters. The minimum absolute atomic E-state index is 0.0929. The van der Waals surface area contributed by atoms with Crippen LogP contribution < -0.4 is 15.4 Å². The van der Waals surface area contributed by atoms with Crippen LogP contribution in [0.15, 0.2) is 24.3 Å². The molecule has 0 aromatic heterocycles. The molecule has 0 atom stereocenters. The molecule has 0 radical (unpaired) electrons. The number of phenolic OH excluding ortho intramolecular Hbond substituents is 1. The molecule has 2 aliphatic rings. The number of anilines is 1. The van der Waals surface area contributed by atoms with Gasteiger partial charge in [0.15, 0.2) is 0 Å². The Morgan fingerprint density at radius 2 is 1.77 bits per heavy atom. The quantitative estimate of drug-likeness (QED) is 0.413. The maximum absolute atomic E-state index is 12.8. The minimum atomic E-state index is -0.916. The predicted octanol–water partition coefficient (Wildman–Crippen LogP) is 4.55. The zero-order chi connectivity index (χ0) is 24.9. The molecule has 35 heavy (non-hydrogen) atoms. The normalized spacial score (nSPS) is 15.3. The van der Waals surface area contributed by atoms with Crippen molar-refractivity contribution in [2.75, 3.05) is 11.9 Å². The van der Waals surface area contributed by atoms with E-state index in [4.69, 9.17) is 9.47 Å². The summed E-state index contributed by atoms with van der Waals surface area (Å²) in [6, 6.07) is 6.57. The first-order valence-electron chi connectivity index (χ1n) is 12.3. The molecule has 186 valence electrons. The smallest absolute Gasteiger partial charge is 0.397 e. The maximum atomic E-state index is 12.8. The number of phenols is 1. The number of esters is 1. The monoisotopic (exact) mass is 480 g/mol. The van der Waals surface area contributed by atoms with Gasteiger partial charge in [-0.1, -0.05) is 19.3 Å². The lowest BCUT2D eigenvalue weighted by Crippen LogP contribution is -2.36. The predicted molar refractivity (Wildman–Crippen MR) is 131 cm³/mol. The summed E-state index contributed by atoms with van der Waals surface area (Å²) in [5.41, 5.74) is 3.44. The third kappa shape index (κ3) is 5.58. The standard InChI is InChI=1S/C27H32N2O6/c1-3-34-27(33)26(32)29-22-14-16(2)24(20-11-7-10-19(20)22)35-18-12-13-23(30)21(15-18)25(31)28-17-8-5-4-6-9-17/h12-15,17,30H,3-11H2,1-2H3,(H,28,31)(H,29,32). The van der Waals surface area contributed by atoms with Crippen molar-refractivity contribution in [2.24, 2.45) is 0 Å². The number of carbonyl (C=O) groups excluding carboxylic acids is 3. The molecule has 4 rings (SSSR count). The van der Waals surface area contributed by atoms with E-state index in [0.29, 0.717) is 17.2 Å². The van der Waals surface area contributed by atoms with E-state index in [9.17, 15) is 19.5 Å². The van der Waals surface area contributed by atoms with Crippen LogP contribution in [0.4, 0.5) is 5.69 Å². The number of carbonyl (C=O) groups is 3. The van der Waals surface area contributed by atoms with E-state index in [1.54, 1.807) is 25.1 Å². The third-order valence-corrected chi connectivity index (χ3v) is 6.62. The average molecular weight is 481 g/mol. The fourth-order valence-corrected chi connectivity index (χ4v) is 4.91. The van der Waals surface area contributed by atoms with E-state index < -0.39 is 11.9 Å². The first-order valence-corrected chi connectivity index (χ1v) is 12.3. The molecular formula is C27H32N2O6. The zero-order valence-electron chi connectivity index (χ0n) is 20.2. The van der Waals surface area contributed by atoms with Crippen LogP contribution in [0.3, 0.4) is 0 Å². The largest absolute Gasteiger partial charge is 0.507 e. The molecule has 2 amide bonds. The Morgan fingerprint density at radius 3 is 2.51 bits per heavy atom. The summed E-state index contributed by atoms with van der Waals surface area (Å²) >= 11 is 0. The second kappa shape index (κ2) is 10.8. The molecule has 1 saturated carbocycles. The van der Waals surface area contributed by atoms with Crippen LogP contribution in [0, 0.1) is 6.92 Å². The van der Waals surface area contributed by atoms with Crippen molar-refractivity contribution in [1.29, 1.82) is 0 Å². The summed E-state index contributed by atoms with van der Waals surface area (Å²) in [4.78, 5) is 36.8. The SMILES string of the molecule is CCOC(=O)C(=O)Nc1cc(C)c(Oc2ccc(O)c(C(=O)NC3CCCCC3)c2)c2c1CCC2. The number of benzene rings is 2. The van der Waals surface area contributed by atoms with E-state index in [1.807, 2.05) is 6.92 Å². The summed E-state index contributed by atoms with van der Waals surface area (Å²) < 4.78 is 11.0. The fraction of sp³-hybridized carbons (Fsp3) is 0.444. The maximum Gasteiger partial charge on any atom is 0.397 e. The lowest BCUT2D eigenvalue weighted by molar-refractivity contribution is -0.152. The number of amides is 2. The molecule has 2 aliphatic carbocycles. The molecule has 0 heterocycles. The van der Waals surface area contributed by atoms with Crippen LogP contribution in [-0.4, -0.2) is 35.5 Å². The second-order valence-corrected chi connectivity index (χ2v) is 9.14. The number of hydrogen-bond donors (Lipinski definition) is 3. The molecule has 2 aromatic rings. The second-order valence-electron chi connectivity index (χ2n) is 9.14. The first-order chi connectivity index (χ1) is 16.9. The van der Waals surface area contributed by atoms with Gasteiger partial charge in [0.05, 0.1) is 12.2 Å². The van der Waals surface area contributed by atoms with Crippen molar-refractivity contribution in [3.63, 3.8) is 0 Å². The highest BCUT2D eigenvalue weighted by molar-refractivity contribution is 6.37. The van der Waals surface area contributed by atoms with Crippen LogP contribution in [0.1, 0.15) is 72.5 Å². The molecule has 0 bridgehead atoms. The van der Waals surface area contributed by atoms with Gasteiger partial charge in [0.25, 0.3) is 5.91 Å². The molecule has 0 aliphatic heterocycles. The van der Waals surface area contributed by atoms with Gasteiger partial charge in [-0.15, -0.1) is 0 Å². The number of fused-ring (bicyclic) bond motifs is 1. The van der Waals surface area contributed by atoms with Gasteiger partial charge < -0.3 is 25.2 Å².